The van der Waals surface area contributed by atoms with Crippen molar-refractivity contribution >= 4 is 46.7 Å². The number of rotatable bonds is 12. The number of halogens is 3. The second kappa shape index (κ2) is 16.3. The summed E-state index contributed by atoms with van der Waals surface area (Å²) in [4.78, 5) is 11.8. The molecule has 0 amide bonds. The Hall–Kier alpha value is -2.11. The van der Waals surface area contributed by atoms with Crippen molar-refractivity contribution < 1.29 is 56.9 Å². The van der Waals surface area contributed by atoms with Crippen LogP contribution in [0.2, 0.25) is 0 Å². The van der Waals surface area contributed by atoms with E-state index in [4.69, 9.17) is 92.3 Å². The minimum Gasteiger partial charge on any atom is -0.463 e. The van der Waals surface area contributed by atoms with Crippen LogP contribution in [0.5, 0.6) is 0 Å². The van der Waals surface area contributed by atoms with Crippen molar-refractivity contribution in [1.82, 2.24) is 0 Å². The maximum Gasteiger partial charge on any atom is 0.302 e. The maximum atomic E-state index is 11.8. The number of hydrogen-bond acceptors (Lipinski definition) is 13. The van der Waals surface area contributed by atoms with Gasteiger partial charge in [0.1, 0.15) is 55.4 Å². The first kappa shape index (κ1) is 39.6. The minimum absolute atomic E-state index is 0.105. The van der Waals surface area contributed by atoms with Crippen molar-refractivity contribution in [3.05, 3.63) is 71.8 Å². The normalized spacial score (nSPS) is 33.5. The number of esters is 1. The monoisotopic (exact) mass is 787 g/mol. The molecule has 2 aromatic rings. The molecule has 52 heavy (non-hydrogen) atoms. The van der Waals surface area contributed by atoms with Gasteiger partial charge in [0.25, 0.3) is 3.79 Å². The Morgan fingerprint density at radius 3 is 1.62 bits per heavy atom. The van der Waals surface area contributed by atoms with Crippen LogP contribution in [0.4, 0.5) is 0 Å². The molecule has 0 aromatic heterocycles. The number of hydrogen-bond donors (Lipinski definition) is 1. The molecule has 0 radical (unpaired) electrons. The van der Waals surface area contributed by atoms with E-state index in [-0.39, 0.29) is 26.4 Å². The van der Waals surface area contributed by atoms with Crippen LogP contribution in [0, 0.1) is 5.41 Å². The molecule has 4 aliphatic heterocycles. The van der Waals surface area contributed by atoms with Gasteiger partial charge in [-0.1, -0.05) is 95.5 Å². The highest BCUT2D eigenvalue weighted by molar-refractivity contribution is 6.76. The van der Waals surface area contributed by atoms with Crippen LogP contribution in [0.1, 0.15) is 45.7 Å². The molecule has 4 heterocycles. The van der Waals surface area contributed by atoms with Gasteiger partial charge in [-0.2, -0.15) is 0 Å². The zero-order valence-corrected chi connectivity index (χ0v) is 31.7. The Balaban J connectivity index is 1.25. The molecule has 0 bridgehead atoms. The molecule has 16 heteroatoms. The van der Waals surface area contributed by atoms with Gasteiger partial charge in [-0.15, -0.1) is 0 Å². The quantitative estimate of drug-likeness (QED) is 0.124. The third kappa shape index (κ3) is 9.76. The van der Waals surface area contributed by atoms with Gasteiger partial charge >= 0.3 is 5.97 Å². The molecule has 2 aromatic carbocycles. The number of fused-ring (bicyclic) bond motifs is 2. The Kier molecular flexibility index (Phi) is 12.4. The Labute approximate surface area is 317 Å². The van der Waals surface area contributed by atoms with Crippen molar-refractivity contribution in [2.24, 2.45) is 0 Å². The maximum absolute atomic E-state index is 11.8. The first-order chi connectivity index (χ1) is 24.6. The molecule has 4 fully saturated rings. The highest BCUT2D eigenvalue weighted by atomic mass is 35.6. The number of carbonyl (C=O) groups excluding carboxylic acids is 1. The van der Waals surface area contributed by atoms with E-state index >= 15 is 0 Å². The molecule has 4 saturated heterocycles. The highest BCUT2D eigenvalue weighted by Crippen LogP contribution is 2.42. The number of ether oxygens (including phenoxy) is 11. The van der Waals surface area contributed by atoms with Gasteiger partial charge in [0.15, 0.2) is 17.9 Å². The van der Waals surface area contributed by atoms with Crippen molar-refractivity contribution in [1.29, 1.82) is 5.41 Å². The van der Waals surface area contributed by atoms with Gasteiger partial charge in [0, 0.05) is 6.92 Å². The van der Waals surface area contributed by atoms with Gasteiger partial charge in [0.05, 0.1) is 19.8 Å². The van der Waals surface area contributed by atoms with Gasteiger partial charge < -0.3 is 52.1 Å². The first-order valence-corrected chi connectivity index (χ1v) is 18.1. The number of nitrogens with one attached hydrogen (secondary N) is 1. The largest absolute Gasteiger partial charge is 0.463 e. The zero-order valence-electron chi connectivity index (χ0n) is 29.4. The molecular formula is C36H44Cl3NO12. The van der Waals surface area contributed by atoms with Crippen LogP contribution in [-0.4, -0.2) is 102 Å². The first-order valence-electron chi connectivity index (χ1n) is 17.0. The average molecular weight is 789 g/mol. The Morgan fingerprint density at radius 2 is 1.13 bits per heavy atom. The second-order valence-corrected chi connectivity index (χ2v) is 16.1. The van der Waals surface area contributed by atoms with Crippen LogP contribution in [0.15, 0.2) is 60.7 Å². The van der Waals surface area contributed by atoms with E-state index in [1.807, 2.05) is 60.7 Å². The van der Waals surface area contributed by atoms with Crippen molar-refractivity contribution in [3.63, 3.8) is 0 Å². The molecule has 6 rings (SSSR count). The number of alkyl halides is 3. The molecule has 13 nitrogen and oxygen atoms in total. The van der Waals surface area contributed by atoms with Gasteiger partial charge in [-0.25, -0.2) is 0 Å². The van der Waals surface area contributed by atoms with E-state index in [0.29, 0.717) is 0 Å². The molecule has 4 aliphatic rings. The summed E-state index contributed by atoms with van der Waals surface area (Å²) < 4.78 is 66.4. The fourth-order valence-corrected chi connectivity index (χ4v) is 6.76. The van der Waals surface area contributed by atoms with Crippen molar-refractivity contribution in [2.75, 3.05) is 13.2 Å². The average Bonchev–Trinajstić information content (AvgIpc) is 3.59. The summed E-state index contributed by atoms with van der Waals surface area (Å²) >= 11 is 18.0. The molecule has 0 aliphatic carbocycles. The molecule has 0 spiro atoms. The molecule has 1 N–H and O–H groups in total. The smallest absolute Gasteiger partial charge is 0.302 e. The van der Waals surface area contributed by atoms with Crippen LogP contribution < -0.4 is 0 Å². The molecule has 10 atom stereocenters. The predicted molar refractivity (Wildman–Crippen MR) is 187 cm³/mol. The van der Waals surface area contributed by atoms with Crippen molar-refractivity contribution in [3.8, 4) is 0 Å². The summed E-state index contributed by atoms with van der Waals surface area (Å²) in [5.74, 6) is -3.17. The summed E-state index contributed by atoms with van der Waals surface area (Å²) in [5.41, 5.74) is 1.81. The van der Waals surface area contributed by atoms with E-state index < -0.39 is 88.6 Å². The van der Waals surface area contributed by atoms with Gasteiger partial charge in [-0.05, 0) is 38.8 Å². The zero-order chi connectivity index (χ0) is 37.3. The molecule has 286 valence electrons. The summed E-state index contributed by atoms with van der Waals surface area (Å²) in [5, 5.41) is 8.34. The minimum atomic E-state index is -2.17. The Bertz CT molecular complexity index is 1510. The van der Waals surface area contributed by atoms with E-state index in [1.54, 1.807) is 27.7 Å². The fraction of sp³-hybridized carbons (Fsp3) is 0.611. The van der Waals surface area contributed by atoms with Crippen LogP contribution in [0.3, 0.4) is 0 Å². The number of benzene rings is 2. The van der Waals surface area contributed by atoms with Crippen LogP contribution >= 0.6 is 34.8 Å². The summed E-state index contributed by atoms with van der Waals surface area (Å²) in [6, 6.07) is 19.1. The predicted octanol–water partition coefficient (Wildman–Crippen LogP) is 5.59. The summed E-state index contributed by atoms with van der Waals surface area (Å²) in [6.45, 7) is 8.60. The van der Waals surface area contributed by atoms with Crippen LogP contribution in [-0.2, 0) is 70.1 Å². The van der Waals surface area contributed by atoms with E-state index in [0.717, 1.165) is 11.1 Å². The third-order valence-electron chi connectivity index (χ3n) is 8.80. The van der Waals surface area contributed by atoms with E-state index in [9.17, 15) is 4.79 Å². The Morgan fingerprint density at radius 1 is 0.692 bits per heavy atom. The fourth-order valence-electron chi connectivity index (χ4n) is 6.63. The highest BCUT2D eigenvalue weighted by Gasteiger charge is 2.59. The van der Waals surface area contributed by atoms with E-state index in [1.165, 1.54) is 6.92 Å². The van der Waals surface area contributed by atoms with Gasteiger partial charge in [0.2, 0.25) is 12.2 Å². The standard InChI is InChI=1S/C36H44Cl3NO12/c1-20(41)42-18-23-25-27(51-34(2,3)49-25)29(43-16-21-12-8-6-9-13-21)31(46-23)45-19-24-26-28(52-35(4,5)50-26)30(44-17-22-14-10-7-11-15-22)32(47-24)48-33(40)36(37,38)39/h6-15,23-32,40H,16-19H2,1-5H3/t23-,24-,25+,26+,27+,28+,29-,30-,31+,32?/m1/s1. The summed E-state index contributed by atoms with van der Waals surface area (Å²) in [7, 11) is 0. The molecule has 0 saturated carbocycles. The lowest BCUT2D eigenvalue weighted by Crippen LogP contribution is -2.61. The molecule has 1 unspecified atom stereocenters. The lowest BCUT2D eigenvalue weighted by molar-refractivity contribution is -0.317. The van der Waals surface area contributed by atoms with E-state index in [2.05, 4.69) is 0 Å². The second-order valence-electron chi connectivity index (χ2n) is 13.8. The number of carbonyl (C=O) groups is 1. The third-order valence-corrected chi connectivity index (χ3v) is 9.31. The topological polar surface area (TPSA) is 142 Å². The van der Waals surface area contributed by atoms with Gasteiger partial charge in [-0.3, -0.25) is 10.2 Å². The lowest BCUT2D eigenvalue weighted by atomic mass is 9.98. The van der Waals surface area contributed by atoms with Crippen molar-refractivity contribution in [2.45, 2.75) is 125 Å². The SMILES string of the molecule is CC(=O)OC[C@H]1O[C@H](OC[C@H]2OC(OC(=N)C(Cl)(Cl)Cl)[C@H](OCc3ccccc3)[C@H]3OC(C)(C)O[C@H]32)[C@H](OCc2ccccc2)[C@H]2OC(C)(C)O[C@H]21. The lowest BCUT2D eigenvalue weighted by Gasteiger charge is -2.44. The molecular weight excluding hydrogens is 745 g/mol. The van der Waals surface area contributed by atoms with Crippen LogP contribution in [0.25, 0.3) is 0 Å². The summed E-state index contributed by atoms with van der Waals surface area (Å²) in [6.07, 6.45) is -8.40.